The minimum atomic E-state index is -3.93. The largest absolute Gasteiger partial charge is 0.347 e. The summed E-state index contributed by atoms with van der Waals surface area (Å²) in [6, 6.07) is 24.6. The van der Waals surface area contributed by atoms with Crippen LogP contribution < -0.4 is 9.62 Å². The third-order valence-electron chi connectivity index (χ3n) is 5.34. The molecule has 0 fully saturated rings. The van der Waals surface area contributed by atoms with E-state index in [-0.39, 0.29) is 22.8 Å². The average Bonchev–Trinajstić information content (AvgIpc) is 2.76. The second-order valence-corrected chi connectivity index (χ2v) is 12.3. The molecular formula is C28H34N2O3S. The zero-order chi connectivity index (χ0) is 25.0. The molecule has 0 radical (unpaired) electrons. The average molecular weight is 479 g/mol. The van der Waals surface area contributed by atoms with Crippen molar-refractivity contribution in [2.75, 3.05) is 4.31 Å². The summed E-state index contributed by atoms with van der Waals surface area (Å²) in [5.41, 5.74) is 1.04. The fraction of sp³-hybridized carbons (Fsp3) is 0.321. The zero-order valence-electron chi connectivity index (χ0n) is 20.6. The molecule has 0 aliphatic rings. The number of nitrogens with zero attached hydrogens (tertiary/aromatic N) is 1. The van der Waals surface area contributed by atoms with Gasteiger partial charge in [0.05, 0.1) is 22.7 Å². The number of hydrogen-bond donors (Lipinski definition) is 1. The van der Waals surface area contributed by atoms with E-state index in [0.717, 1.165) is 12.0 Å². The molecule has 0 spiro atoms. The Labute approximate surface area is 203 Å². The Morgan fingerprint density at radius 2 is 1.32 bits per heavy atom. The summed E-state index contributed by atoms with van der Waals surface area (Å²) in [4.78, 5) is 13.6. The molecule has 5 nitrogen and oxygen atoms in total. The van der Waals surface area contributed by atoms with Gasteiger partial charge in [0.25, 0.3) is 15.9 Å². The van der Waals surface area contributed by atoms with Gasteiger partial charge in [0.15, 0.2) is 0 Å². The maximum Gasteiger partial charge on any atom is 0.264 e. The number of carbonyl (C=O) groups is 1. The van der Waals surface area contributed by atoms with Crippen LogP contribution >= 0.6 is 0 Å². The van der Waals surface area contributed by atoms with Gasteiger partial charge >= 0.3 is 0 Å². The van der Waals surface area contributed by atoms with E-state index in [0.29, 0.717) is 11.3 Å². The highest BCUT2D eigenvalue weighted by Crippen LogP contribution is 2.31. The van der Waals surface area contributed by atoms with E-state index in [2.05, 4.69) is 26.1 Å². The van der Waals surface area contributed by atoms with Crippen LogP contribution in [0.5, 0.6) is 0 Å². The van der Waals surface area contributed by atoms with Gasteiger partial charge in [-0.05, 0) is 55.5 Å². The molecule has 3 aromatic carbocycles. The van der Waals surface area contributed by atoms with Crippen LogP contribution in [0.4, 0.5) is 5.69 Å². The van der Waals surface area contributed by atoms with Crippen molar-refractivity contribution in [3.8, 4) is 0 Å². The lowest BCUT2D eigenvalue weighted by atomic mass is 9.81. The molecule has 0 unspecified atom stereocenters. The molecule has 34 heavy (non-hydrogen) atoms. The van der Waals surface area contributed by atoms with Crippen molar-refractivity contribution in [1.29, 1.82) is 0 Å². The lowest BCUT2D eigenvalue weighted by Crippen LogP contribution is -2.46. The van der Waals surface area contributed by atoms with Crippen molar-refractivity contribution in [2.45, 2.75) is 58.0 Å². The number of benzene rings is 3. The molecule has 0 saturated carbocycles. The summed E-state index contributed by atoms with van der Waals surface area (Å²) in [6.45, 7) is 10.5. The summed E-state index contributed by atoms with van der Waals surface area (Å²) >= 11 is 0. The van der Waals surface area contributed by atoms with Gasteiger partial charge in [-0.3, -0.25) is 9.10 Å². The minimum Gasteiger partial charge on any atom is -0.347 e. The van der Waals surface area contributed by atoms with Gasteiger partial charge in [-0.25, -0.2) is 8.42 Å². The molecule has 0 saturated heterocycles. The van der Waals surface area contributed by atoms with Crippen LogP contribution in [-0.4, -0.2) is 19.9 Å². The number of sulfonamides is 1. The van der Waals surface area contributed by atoms with Crippen molar-refractivity contribution < 1.29 is 13.2 Å². The number of nitrogens with one attached hydrogen (secondary N) is 1. The van der Waals surface area contributed by atoms with Crippen LogP contribution in [0.15, 0.2) is 89.8 Å². The van der Waals surface area contributed by atoms with Crippen molar-refractivity contribution in [3.05, 3.63) is 96.1 Å². The first-order valence-electron chi connectivity index (χ1n) is 11.4. The molecule has 0 aromatic heterocycles. The van der Waals surface area contributed by atoms with Crippen LogP contribution in [0, 0.1) is 5.41 Å². The second kappa shape index (κ2) is 10.0. The SMILES string of the molecule is CC(C)(C)CC(C)(C)NC(=O)c1ccccc1N(Cc1ccccc1)S(=O)(=O)c1ccccc1. The number of rotatable bonds is 8. The smallest absolute Gasteiger partial charge is 0.264 e. The van der Waals surface area contributed by atoms with Gasteiger partial charge in [0, 0.05) is 5.54 Å². The van der Waals surface area contributed by atoms with E-state index in [1.165, 1.54) is 4.31 Å². The molecule has 3 rings (SSSR count). The van der Waals surface area contributed by atoms with Crippen LogP contribution in [-0.2, 0) is 16.6 Å². The topological polar surface area (TPSA) is 66.5 Å². The lowest BCUT2D eigenvalue weighted by Gasteiger charge is -2.34. The Bertz CT molecular complexity index is 1220. The van der Waals surface area contributed by atoms with Gasteiger partial charge < -0.3 is 5.32 Å². The summed E-state index contributed by atoms with van der Waals surface area (Å²) in [7, 11) is -3.93. The summed E-state index contributed by atoms with van der Waals surface area (Å²) < 4.78 is 28.9. The monoisotopic (exact) mass is 478 g/mol. The third kappa shape index (κ3) is 6.48. The van der Waals surface area contributed by atoms with E-state index in [9.17, 15) is 13.2 Å². The van der Waals surface area contributed by atoms with Gasteiger partial charge in [0.1, 0.15) is 0 Å². The maximum absolute atomic E-state index is 13.8. The van der Waals surface area contributed by atoms with Crippen molar-refractivity contribution in [1.82, 2.24) is 5.32 Å². The highest BCUT2D eigenvalue weighted by atomic mass is 32.2. The highest BCUT2D eigenvalue weighted by Gasteiger charge is 2.31. The van der Waals surface area contributed by atoms with E-state index in [1.807, 2.05) is 44.2 Å². The number of carbonyl (C=O) groups excluding carboxylic acids is 1. The lowest BCUT2D eigenvalue weighted by molar-refractivity contribution is 0.0892. The predicted octanol–water partition coefficient (Wildman–Crippen LogP) is 6.03. The van der Waals surface area contributed by atoms with Crippen LogP contribution in [0.1, 0.15) is 57.0 Å². The fourth-order valence-corrected chi connectivity index (χ4v) is 5.89. The number of hydrogen-bond acceptors (Lipinski definition) is 3. The zero-order valence-corrected chi connectivity index (χ0v) is 21.4. The van der Waals surface area contributed by atoms with E-state index in [1.54, 1.807) is 54.6 Å². The Kier molecular flexibility index (Phi) is 7.51. The van der Waals surface area contributed by atoms with Gasteiger partial charge in [0.2, 0.25) is 0 Å². The molecular weight excluding hydrogens is 444 g/mol. The van der Waals surface area contributed by atoms with Gasteiger partial charge in [-0.15, -0.1) is 0 Å². The first-order chi connectivity index (χ1) is 15.9. The summed E-state index contributed by atoms with van der Waals surface area (Å²) in [6.07, 6.45) is 0.768. The van der Waals surface area contributed by atoms with E-state index >= 15 is 0 Å². The van der Waals surface area contributed by atoms with Gasteiger partial charge in [-0.2, -0.15) is 0 Å². The summed E-state index contributed by atoms with van der Waals surface area (Å²) in [5, 5.41) is 3.12. The van der Waals surface area contributed by atoms with Crippen molar-refractivity contribution in [3.63, 3.8) is 0 Å². The molecule has 0 heterocycles. The van der Waals surface area contributed by atoms with Crippen molar-refractivity contribution in [2.24, 2.45) is 5.41 Å². The molecule has 0 bridgehead atoms. The Balaban J connectivity index is 2.06. The molecule has 0 aliphatic heterocycles. The standard InChI is InChI=1S/C28H34N2O3S/c1-27(2,3)21-28(4,5)29-26(31)24-18-12-13-19-25(24)30(20-22-14-8-6-9-15-22)34(32,33)23-16-10-7-11-17-23/h6-19H,20-21H2,1-5H3,(H,29,31). The van der Waals surface area contributed by atoms with Gasteiger partial charge in [-0.1, -0.05) is 81.4 Å². The molecule has 180 valence electrons. The molecule has 0 aliphatic carbocycles. The number of anilines is 1. The Morgan fingerprint density at radius 3 is 1.91 bits per heavy atom. The van der Waals surface area contributed by atoms with Crippen molar-refractivity contribution >= 4 is 21.6 Å². The normalized spacial score (nSPS) is 12.3. The number of para-hydroxylation sites is 1. The van der Waals surface area contributed by atoms with Crippen LogP contribution in [0.2, 0.25) is 0 Å². The minimum absolute atomic E-state index is 0.0201. The first-order valence-corrected chi connectivity index (χ1v) is 12.9. The second-order valence-electron chi connectivity index (χ2n) is 10.4. The molecule has 0 atom stereocenters. The quantitative estimate of drug-likeness (QED) is 0.430. The molecule has 6 heteroatoms. The first kappa shape index (κ1) is 25.5. The third-order valence-corrected chi connectivity index (χ3v) is 7.12. The predicted molar refractivity (Wildman–Crippen MR) is 138 cm³/mol. The fourth-order valence-electron chi connectivity index (χ4n) is 4.40. The summed E-state index contributed by atoms with van der Waals surface area (Å²) in [5.74, 6) is -0.300. The Morgan fingerprint density at radius 1 is 0.794 bits per heavy atom. The maximum atomic E-state index is 13.8. The van der Waals surface area contributed by atoms with E-state index < -0.39 is 15.6 Å². The highest BCUT2D eigenvalue weighted by molar-refractivity contribution is 7.92. The van der Waals surface area contributed by atoms with Crippen LogP contribution in [0.25, 0.3) is 0 Å². The van der Waals surface area contributed by atoms with Crippen LogP contribution in [0.3, 0.4) is 0 Å². The molecule has 1 N–H and O–H groups in total. The number of amides is 1. The Hall–Kier alpha value is -3.12. The molecule has 1 amide bonds. The molecule has 3 aromatic rings. The van der Waals surface area contributed by atoms with E-state index in [4.69, 9.17) is 0 Å².